The normalized spacial score (nSPS) is 10.1. The zero-order chi connectivity index (χ0) is 9.97. The smallest absolute Gasteiger partial charge is 0.119 e. The molecule has 0 bridgehead atoms. The molecule has 0 aliphatic rings. The molecule has 0 amide bonds. The topological polar surface area (TPSA) is 46.0 Å². The van der Waals surface area contributed by atoms with Crippen LogP contribution in [0.5, 0.6) is 5.75 Å². The van der Waals surface area contributed by atoms with Crippen LogP contribution in [0.2, 0.25) is 0 Å². The van der Waals surface area contributed by atoms with Crippen LogP contribution in [0.4, 0.5) is 0 Å². The number of aromatic nitrogens is 1. The SMILES string of the molecule is COc1ccc2c(C=N)nccc2c1. The van der Waals surface area contributed by atoms with Gasteiger partial charge in [0, 0.05) is 17.8 Å². The summed E-state index contributed by atoms with van der Waals surface area (Å²) in [6.07, 6.45) is 2.96. The van der Waals surface area contributed by atoms with E-state index in [9.17, 15) is 0 Å². The molecule has 0 atom stereocenters. The van der Waals surface area contributed by atoms with Crippen molar-refractivity contribution in [1.82, 2.24) is 4.98 Å². The third kappa shape index (κ3) is 1.33. The second-order valence-corrected chi connectivity index (χ2v) is 2.93. The zero-order valence-corrected chi connectivity index (χ0v) is 7.82. The van der Waals surface area contributed by atoms with E-state index in [-0.39, 0.29) is 0 Å². The highest BCUT2D eigenvalue weighted by molar-refractivity contribution is 5.97. The van der Waals surface area contributed by atoms with E-state index in [1.807, 2.05) is 24.3 Å². The monoisotopic (exact) mass is 186 g/mol. The van der Waals surface area contributed by atoms with Gasteiger partial charge in [0.1, 0.15) is 5.75 Å². The first-order valence-electron chi connectivity index (χ1n) is 4.28. The molecule has 1 aromatic heterocycles. The summed E-state index contributed by atoms with van der Waals surface area (Å²) in [6.45, 7) is 0. The van der Waals surface area contributed by atoms with Gasteiger partial charge < -0.3 is 10.1 Å². The zero-order valence-electron chi connectivity index (χ0n) is 7.82. The molecule has 0 aliphatic carbocycles. The largest absolute Gasteiger partial charge is 0.497 e. The van der Waals surface area contributed by atoms with Gasteiger partial charge in [0.2, 0.25) is 0 Å². The molecule has 2 aromatic rings. The number of hydrogen-bond donors (Lipinski definition) is 1. The molecule has 2 rings (SSSR count). The van der Waals surface area contributed by atoms with Gasteiger partial charge in [0.25, 0.3) is 0 Å². The summed E-state index contributed by atoms with van der Waals surface area (Å²) in [5.41, 5.74) is 0.685. The van der Waals surface area contributed by atoms with Crippen LogP contribution in [0.25, 0.3) is 10.8 Å². The van der Waals surface area contributed by atoms with Crippen LogP contribution in [-0.2, 0) is 0 Å². The van der Waals surface area contributed by atoms with Gasteiger partial charge in [-0.15, -0.1) is 0 Å². The molecule has 0 radical (unpaired) electrons. The van der Waals surface area contributed by atoms with Crippen molar-refractivity contribution in [3.63, 3.8) is 0 Å². The summed E-state index contributed by atoms with van der Waals surface area (Å²) in [4.78, 5) is 4.10. The van der Waals surface area contributed by atoms with E-state index < -0.39 is 0 Å². The fourth-order valence-corrected chi connectivity index (χ4v) is 1.42. The van der Waals surface area contributed by atoms with Crippen LogP contribution in [-0.4, -0.2) is 18.3 Å². The lowest BCUT2D eigenvalue weighted by molar-refractivity contribution is 0.415. The first-order chi connectivity index (χ1) is 6.85. The first-order valence-corrected chi connectivity index (χ1v) is 4.28. The van der Waals surface area contributed by atoms with Crippen LogP contribution in [0.1, 0.15) is 5.69 Å². The second kappa shape index (κ2) is 3.46. The van der Waals surface area contributed by atoms with Crippen molar-refractivity contribution in [1.29, 1.82) is 5.41 Å². The van der Waals surface area contributed by atoms with E-state index in [4.69, 9.17) is 10.1 Å². The highest BCUT2D eigenvalue weighted by Crippen LogP contribution is 2.21. The van der Waals surface area contributed by atoms with E-state index in [0.29, 0.717) is 5.69 Å². The number of nitrogens with zero attached hydrogens (tertiary/aromatic N) is 1. The van der Waals surface area contributed by atoms with E-state index in [1.165, 1.54) is 6.21 Å². The standard InChI is InChI=1S/C11H10N2O/c1-14-9-2-3-10-8(6-9)4-5-13-11(10)7-12/h2-7,12H,1H3. The maximum absolute atomic E-state index is 7.21. The Hall–Kier alpha value is -1.90. The Morgan fingerprint density at radius 1 is 1.36 bits per heavy atom. The van der Waals surface area contributed by atoms with E-state index in [0.717, 1.165) is 16.5 Å². The van der Waals surface area contributed by atoms with Gasteiger partial charge in [-0.3, -0.25) is 4.98 Å². The van der Waals surface area contributed by atoms with Crippen molar-refractivity contribution in [3.8, 4) is 5.75 Å². The third-order valence-electron chi connectivity index (χ3n) is 2.14. The fraction of sp³-hybridized carbons (Fsp3) is 0.0909. The number of fused-ring (bicyclic) bond motifs is 1. The number of rotatable bonds is 2. The van der Waals surface area contributed by atoms with Gasteiger partial charge in [-0.2, -0.15) is 0 Å². The molecule has 0 aliphatic heterocycles. The van der Waals surface area contributed by atoms with Crippen LogP contribution in [0.3, 0.4) is 0 Å². The summed E-state index contributed by atoms with van der Waals surface area (Å²) in [7, 11) is 1.64. The summed E-state index contributed by atoms with van der Waals surface area (Å²) in [5, 5.41) is 9.22. The van der Waals surface area contributed by atoms with E-state index in [2.05, 4.69) is 4.98 Å². The minimum atomic E-state index is 0.685. The second-order valence-electron chi connectivity index (χ2n) is 2.93. The molecule has 0 spiro atoms. The molecule has 1 N–H and O–H groups in total. The van der Waals surface area contributed by atoms with Crippen molar-refractivity contribution >= 4 is 17.0 Å². The van der Waals surface area contributed by atoms with Gasteiger partial charge in [0.05, 0.1) is 12.8 Å². The summed E-state index contributed by atoms with van der Waals surface area (Å²) in [5.74, 6) is 0.819. The lowest BCUT2D eigenvalue weighted by atomic mass is 10.1. The minimum Gasteiger partial charge on any atom is -0.497 e. The molecule has 0 saturated carbocycles. The number of benzene rings is 1. The quantitative estimate of drug-likeness (QED) is 0.731. The average molecular weight is 186 g/mol. The Morgan fingerprint density at radius 3 is 2.93 bits per heavy atom. The first kappa shape index (κ1) is 8.69. The maximum atomic E-state index is 7.21. The molecule has 3 heteroatoms. The van der Waals surface area contributed by atoms with Gasteiger partial charge >= 0.3 is 0 Å². The number of pyridine rings is 1. The Labute approximate surface area is 81.9 Å². The summed E-state index contributed by atoms with van der Waals surface area (Å²) < 4.78 is 5.12. The molecule has 1 aromatic carbocycles. The highest BCUT2D eigenvalue weighted by atomic mass is 16.5. The van der Waals surface area contributed by atoms with Crippen molar-refractivity contribution in [2.24, 2.45) is 0 Å². The van der Waals surface area contributed by atoms with Crippen LogP contribution in [0.15, 0.2) is 30.5 Å². The van der Waals surface area contributed by atoms with Crippen molar-refractivity contribution < 1.29 is 4.74 Å². The molecule has 70 valence electrons. The molecule has 14 heavy (non-hydrogen) atoms. The molecular formula is C11H10N2O. The number of nitrogens with one attached hydrogen (secondary N) is 1. The highest BCUT2D eigenvalue weighted by Gasteiger charge is 2.00. The predicted octanol–water partition coefficient (Wildman–Crippen LogP) is 2.24. The lowest BCUT2D eigenvalue weighted by Crippen LogP contribution is -1.89. The summed E-state index contributed by atoms with van der Waals surface area (Å²) >= 11 is 0. The molecular weight excluding hydrogens is 176 g/mol. The van der Waals surface area contributed by atoms with Gasteiger partial charge in [-0.25, -0.2) is 0 Å². The number of hydrogen-bond acceptors (Lipinski definition) is 3. The number of ether oxygens (including phenoxy) is 1. The lowest BCUT2D eigenvalue weighted by Gasteiger charge is -2.03. The van der Waals surface area contributed by atoms with Crippen LogP contribution in [0, 0.1) is 5.41 Å². The third-order valence-corrected chi connectivity index (χ3v) is 2.14. The predicted molar refractivity (Wildman–Crippen MR) is 56.2 cm³/mol. The van der Waals surface area contributed by atoms with Gasteiger partial charge in [-0.05, 0) is 29.7 Å². The van der Waals surface area contributed by atoms with Gasteiger partial charge in [0.15, 0.2) is 0 Å². The van der Waals surface area contributed by atoms with Crippen LogP contribution >= 0.6 is 0 Å². The molecule has 0 saturated heterocycles. The van der Waals surface area contributed by atoms with Crippen molar-refractivity contribution in [2.75, 3.05) is 7.11 Å². The van der Waals surface area contributed by atoms with Crippen molar-refractivity contribution in [2.45, 2.75) is 0 Å². The van der Waals surface area contributed by atoms with E-state index >= 15 is 0 Å². The molecule has 1 heterocycles. The molecule has 0 fully saturated rings. The minimum absolute atomic E-state index is 0.685. The molecule has 0 unspecified atom stereocenters. The Bertz CT molecular complexity index is 480. The van der Waals surface area contributed by atoms with Crippen molar-refractivity contribution in [3.05, 3.63) is 36.2 Å². The fourth-order valence-electron chi connectivity index (χ4n) is 1.42. The average Bonchev–Trinajstić information content (AvgIpc) is 2.27. The van der Waals surface area contributed by atoms with E-state index in [1.54, 1.807) is 13.3 Å². The van der Waals surface area contributed by atoms with Gasteiger partial charge in [-0.1, -0.05) is 0 Å². The number of methoxy groups -OCH3 is 1. The Morgan fingerprint density at radius 2 is 2.21 bits per heavy atom. The van der Waals surface area contributed by atoms with Crippen LogP contribution < -0.4 is 4.74 Å². The summed E-state index contributed by atoms with van der Waals surface area (Å²) in [6, 6.07) is 7.63. The maximum Gasteiger partial charge on any atom is 0.119 e. The Balaban J connectivity index is 2.73. The Kier molecular flexibility index (Phi) is 2.14. The molecule has 3 nitrogen and oxygen atoms in total.